The van der Waals surface area contributed by atoms with Gasteiger partial charge in [0.15, 0.2) is 0 Å². The van der Waals surface area contributed by atoms with Crippen molar-refractivity contribution in [3.05, 3.63) is 49.2 Å². The van der Waals surface area contributed by atoms with E-state index in [1.54, 1.807) is 12.2 Å². The summed E-state index contributed by atoms with van der Waals surface area (Å²) in [6.07, 6.45) is 9.18. The fraction of sp³-hybridized carbons (Fsp3) is 0.111. The number of allylic oxidation sites excluding steroid dienone is 5. The van der Waals surface area contributed by atoms with Crippen LogP contribution < -0.4 is 5.32 Å². The molecule has 0 fully saturated rings. The maximum absolute atomic E-state index is 3.62. The highest BCUT2D eigenvalue weighted by atomic mass is 14.8. The minimum atomic E-state index is 0.998. The van der Waals surface area contributed by atoms with Crippen LogP contribution in [-0.4, -0.2) is 7.05 Å². The Balaban J connectivity index is 3.97. The van der Waals surface area contributed by atoms with Gasteiger partial charge in [-0.1, -0.05) is 31.4 Å². The molecule has 0 aromatic rings. The average Bonchev–Trinajstić information content (AvgIpc) is 1.99. The first-order chi connectivity index (χ1) is 4.85. The van der Waals surface area contributed by atoms with Crippen LogP contribution in [0.15, 0.2) is 49.2 Å². The second-order valence-electron chi connectivity index (χ2n) is 1.70. The first kappa shape index (κ1) is 8.76. The maximum atomic E-state index is 3.62. The van der Waals surface area contributed by atoms with E-state index >= 15 is 0 Å². The minimum absolute atomic E-state index is 0.998. The third kappa shape index (κ3) is 3.72. The lowest BCUT2D eigenvalue weighted by molar-refractivity contribution is 1.03. The van der Waals surface area contributed by atoms with Gasteiger partial charge in [0.25, 0.3) is 0 Å². The highest BCUT2D eigenvalue weighted by Gasteiger charge is 1.77. The fourth-order valence-electron chi connectivity index (χ4n) is 0.491. The second-order valence-corrected chi connectivity index (χ2v) is 1.70. The van der Waals surface area contributed by atoms with E-state index in [1.807, 2.05) is 25.3 Å². The van der Waals surface area contributed by atoms with E-state index in [0.717, 1.165) is 5.70 Å². The van der Waals surface area contributed by atoms with E-state index in [-0.39, 0.29) is 0 Å². The van der Waals surface area contributed by atoms with Crippen molar-refractivity contribution >= 4 is 0 Å². The Kier molecular flexibility index (Phi) is 5.16. The molecule has 1 nitrogen and oxygen atoms in total. The minimum Gasteiger partial charge on any atom is -0.388 e. The Bertz CT molecular complexity index is 164. The van der Waals surface area contributed by atoms with Crippen molar-refractivity contribution in [2.75, 3.05) is 7.05 Å². The van der Waals surface area contributed by atoms with E-state index in [9.17, 15) is 0 Å². The maximum Gasteiger partial charge on any atom is 0.0331 e. The molecular formula is C9H13N. The normalized spacial score (nSPS) is 11.5. The van der Waals surface area contributed by atoms with Gasteiger partial charge in [0.05, 0.1) is 0 Å². The van der Waals surface area contributed by atoms with Crippen molar-refractivity contribution in [1.29, 1.82) is 0 Å². The molecule has 10 heavy (non-hydrogen) atoms. The fourth-order valence-corrected chi connectivity index (χ4v) is 0.491. The molecule has 0 heterocycles. The zero-order chi connectivity index (χ0) is 7.82. The van der Waals surface area contributed by atoms with Gasteiger partial charge < -0.3 is 5.32 Å². The summed E-state index contributed by atoms with van der Waals surface area (Å²) in [6, 6.07) is 0. The zero-order valence-corrected chi connectivity index (χ0v) is 6.30. The van der Waals surface area contributed by atoms with Gasteiger partial charge in [0.2, 0.25) is 0 Å². The van der Waals surface area contributed by atoms with Crippen molar-refractivity contribution < 1.29 is 0 Å². The molecule has 0 saturated heterocycles. The molecule has 0 unspecified atom stereocenters. The SMILES string of the molecule is C=C/C=C\C=C(\C=C)NC. The van der Waals surface area contributed by atoms with Crippen molar-refractivity contribution in [1.82, 2.24) is 5.32 Å². The van der Waals surface area contributed by atoms with Crippen LogP contribution in [0.2, 0.25) is 0 Å². The average molecular weight is 135 g/mol. The standard InChI is InChI=1S/C9H13N/c1-4-6-7-8-9(5-2)10-3/h4-8,10H,1-2H2,3H3/b7-6-,9-8-. The van der Waals surface area contributed by atoms with Gasteiger partial charge in [-0.15, -0.1) is 0 Å². The van der Waals surface area contributed by atoms with Gasteiger partial charge in [-0.3, -0.25) is 0 Å². The highest BCUT2D eigenvalue weighted by Crippen LogP contribution is 1.88. The Labute approximate surface area is 62.5 Å². The molecule has 0 amide bonds. The number of hydrogen-bond donors (Lipinski definition) is 1. The largest absolute Gasteiger partial charge is 0.388 e. The second kappa shape index (κ2) is 5.89. The van der Waals surface area contributed by atoms with Crippen molar-refractivity contribution in [2.45, 2.75) is 0 Å². The van der Waals surface area contributed by atoms with Crippen LogP contribution in [0.5, 0.6) is 0 Å². The Morgan fingerprint density at radius 1 is 1.30 bits per heavy atom. The summed E-state index contributed by atoms with van der Waals surface area (Å²) in [5.74, 6) is 0. The topological polar surface area (TPSA) is 12.0 Å². The van der Waals surface area contributed by atoms with Gasteiger partial charge in [-0.05, 0) is 12.2 Å². The van der Waals surface area contributed by atoms with Crippen molar-refractivity contribution in [3.8, 4) is 0 Å². The van der Waals surface area contributed by atoms with Gasteiger partial charge in [0.1, 0.15) is 0 Å². The van der Waals surface area contributed by atoms with Crippen LogP contribution in [0.3, 0.4) is 0 Å². The molecule has 54 valence electrons. The van der Waals surface area contributed by atoms with E-state index < -0.39 is 0 Å². The van der Waals surface area contributed by atoms with Crippen LogP contribution in [0, 0.1) is 0 Å². The highest BCUT2D eigenvalue weighted by molar-refractivity contribution is 5.21. The van der Waals surface area contributed by atoms with Crippen LogP contribution in [0.4, 0.5) is 0 Å². The quantitative estimate of drug-likeness (QED) is 0.581. The van der Waals surface area contributed by atoms with E-state index in [4.69, 9.17) is 0 Å². The van der Waals surface area contributed by atoms with E-state index in [0.29, 0.717) is 0 Å². The molecule has 0 aromatic carbocycles. The molecule has 0 bridgehead atoms. The third-order valence-corrected chi connectivity index (χ3v) is 1.03. The molecule has 0 saturated carbocycles. The van der Waals surface area contributed by atoms with Crippen LogP contribution >= 0.6 is 0 Å². The van der Waals surface area contributed by atoms with Gasteiger partial charge in [0, 0.05) is 12.7 Å². The van der Waals surface area contributed by atoms with Gasteiger partial charge in [-0.2, -0.15) is 0 Å². The lowest BCUT2D eigenvalue weighted by atomic mass is 10.3. The lowest BCUT2D eigenvalue weighted by Crippen LogP contribution is -2.01. The first-order valence-corrected chi connectivity index (χ1v) is 3.14. The molecule has 1 heteroatoms. The van der Waals surface area contributed by atoms with Crippen molar-refractivity contribution in [3.63, 3.8) is 0 Å². The molecule has 1 N–H and O–H groups in total. The zero-order valence-electron chi connectivity index (χ0n) is 6.30. The summed E-state index contributed by atoms with van der Waals surface area (Å²) >= 11 is 0. The molecule has 0 radical (unpaired) electrons. The molecule has 0 rings (SSSR count). The molecule has 0 spiro atoms. The molecule has 0 aliphatic heterocycles. The van der Waals surface area contributed by atoms with Crippen molar-refractivity contribution in [2.24, 2.45) is 0 Å². The molecule has 0 aromatic heterocycles. The number of likely N-dealkylation sites (N-methyl/N-ethyl adjacent to an activating group) is 1. The predicted molar refractivity (Wildman–Crippen MR) is 46.7 cm³/mol. The van der Waals surface area contributed by atoms with E-state index in [2.05, 4.69) is 18.5 Å². The summed E-state index contributed by atoms with van der Waals surface area (Å²) in [7, 11) is 1.86. The van der Waals surface area contributed by atoms with Gasteiger partial charge in [-0.25, -0.2) is 0 Å². The Morgan fingerprint density at radius 2 is 2.00 bits per heavy atom. The Hall–Kier alpha value is -1.24. The predicted octanol–water partition coefficient (Wildman–Crippen LogP) is 2.02. The summed E-state index contributed by atoms with van der Waals surface area (Å²) in [5, 5.41) is 2.97. The van der Waals surface area contributed by atoms with Crippen LogP contribution in [-0.2, 0) is 0 Å². The Morgan fingerprint density at radius 3 is 2.40 bits per heavy atom. The molecular weight excluding hydrogens is 122 g/mol. The molecule has 0 aliphatic rings. The van der Waals surface area contributed by atoms with Gasteiger partial charge >= 0.3 is 0 Å². The number of rotatable bonds is 4. The summed E-state index contributed by atoms with van der Waals surface area (Å²) in [5.41, 5.74) is 0.998. The van der Waals surface area contributed by atoms with E-state index in [1.165, 1.54) is 0 Å². The summed E-state index contributed by atoms with van der Waals surface area (Å²) in [6.45, 7) is 7.17. The monoisotopic (exact) mass is 135 g/mol. The van der Waals surface area contributed by atoms with Crippen LogP contribution in [0.1, 0.15) is 0 Å². The van der Waals surface area contributed by atoms with Crippen LogP contribution in [0.25, 0.3) is 0 Å². The third-order valence-electron chi connectivity index (χ3n) is 1.03. The molecule has 0 atom stereocenters. The summed E-state index contributed by atoms with van der Waals surface area (Å²) in [4.78, 5) is 0. The number of nitrogens with one attached hydrogen (secondary N) is 1. The lowest BCUT2D eigenvalue weighted by Gasteiger charge is -1.94. The summed E-state index contributed by atoms with van der Waals surface area (Å²) < 4.78 is 0. The first-order valence-electron chi connectivity index (χ1n) is 3.14. The number of hydrogen-bond acceptors (Lipinski definition) is 1. The smallest absolute Gasteiger partial charge is 0.0331 e. The molecule has 0 aliphatic carbocycles.